The molecule has 0 spiro atoms. The largest absolute Gasteiger partial charge is 0.496 e. The van der Waals surface area contributed by atoms with Crippen molar-refractivity contribution in [1.82, 2.24) is 9.88 Å². The number of rotatable bonds is 5. The molecule has 1 aliphatic rings. The Labute approximate surface area is 163 Å². The van der Waals surface area contributed by atoms with Crippen molar-refractivity contribution in [2.75, 3.05) is 45.3 Å². The van der Waals surface area contributed by atoms with Gasteiger partial charge in [0.1, 0.15) is 5.75 Å². The molecule has 2 N–H and O–H groups in total. The Hall–Kier alpha value is -2.85. The molecule has 0 saturated carbocycles. The summed E-state index contributed by atoms with van der Waals surface area (Å²) >= 11 is 0. The monoisotopic (exact) mass is 406 g/mol. The van der Waals surface area contributed by atoms with Crippen LogP contribution >= 0.6 is 0 Å². The van der Waals surface area contributed by atoms with Crippen molar-refractivity contribution in [2.45, 2.75) is 4.90 Å². The van der Waals surface area contributed by atoms with E-state index in [1.165, 1.54) is 25.3 Å². The molecule has 9 nitrogen and oxygen atoms in total. The lowest BCUT2D eigenvalue weighted by Gasteiger charge is -2.36. The molecule has 1 aromatic heterocycles. The van der Waals surface area contributed by atoms with Gasteiger partial charge in [-0.25, -0.2) is 18.5 Å². The minimum Gasteiger partial charge on any atom is -0.496 e. The number of benzene rings is 1. The van der Waals surface area contributed by atoms with Crippen LogP contribution in [0.3, 0.4) is 0 Å². The highest BCUT2D eigenvalue weighted by molar-refractivity contribution is 7.89. The topological polar surface area (TPSA) is 115 Å². The number of methoxy groups -OCH3 is 2. The summed E-state index contributed by atoms with van der Waals surface area (Å²) in [6.07, 6.45) is 1.73. The Balaban J connectivity index is 1.74. The summed E-state index contributed by atoms with van der Waals surface area (Å²) in [7, 11) is -0.928. The van der Waals surface area contributed by atoms with Crippen molar-refractivity contribution in [1.29, 1.82) is 0 Å². The molecule has 3 rings (SSSR count). The Kier molecular flexibility index (Phi) is 5.71. The van der Waals surface area contributed by atoms with Crippen molar-refractivity contribution >= 4 is 21.6 Å². The number of nitrogens with zero attached hydrogens (tertiary/aromatic N) is 3. The molecule has 1 saturated heterocycles. The average Bonchev–Trinajstić information content (AvgIpc) is 2.72. The summed E-state index contributed by atoms with van der Waals surface area (Å²) < 4.78 is 33.5. The number of primary sulfonamides is 1. The normalized spacial score (nSPS) is 14.7. The summed E-state index contributed by atoms with van der Waals surface area (Å²) in [4.78, 5) is 20.8. The fraction of sp³-hybridized carbons (Fsp3) is 0.333. The molecule has 1 aliphatic heterocycles. The molecule has 0 bridgehead atoms. The number of carbonyl (C=O) groups excluding carboxylic acids is 1. The lowest BCUT2D eigenvalue weighted by atomic mass is 10.1. The smallest absolute Gasteiger partial charge is 0.257 e. The number of hydrogen-bond donors (Lipinski definition) is 1. The van der Waals surface area contributed by atoms with Gasteiger partial charge in [0, 0.05) is 32.2 Å². The van der Waals surface area contributed by atoms with Crippen molar-refractivity contribution in [3.05, 3.63) is 42.1 Å². The number of nitrogens with two attached hydrogens (primary N) is 1. The van der Waals surface area contributed by atoms with E-state index in [0.717, 1.165) is 5.69 Å². The van der Waals surface area contributed by atoms with Gasteiger partial charge in [-0.1, -0.05) is 0 Å². The average molecular weight is 406 g/mol. The zero-order valence-corrected chi connectivity index (χ0v) is 16.5. The van der Waals surface area contributed by atoms with Crippen LogP contribution in [-0.4, -0.2) is 64.6 Å². The van der Waals surface area contributed by atoms with Gasteiger partial charge in [0.05, 0.1) is 36.6 Å². The van der Waals surface area contributed by atoms with Gasteiger partial charge in [0.25, 0.3) is 5.91 Å². The quantitative estimate of drug-likeness (QED) is 0.777. The zero-order valence-electron chi connectivity index (χ0n) is 15.7. The second-order valence-electron chi connectivity index (χ2n) is 6.25. The molecule has 0 unspecified atom stereocenters. The van der Waals surface area contributed by atoms with Gasteiger partial charge < -0.3 is 19.3 Å². The van der Waals surface area contributed by atoms with Gasteiger partial charge in [0.2, 0.25) is 15.9 Å². The molecule has 28 heavy (non-hydrogen) atoms. The summed E-state index contributed by atoms with van der Waals surface area (Å²) in [6.45, 7) is 2.20. The van der Waals surface area contributed by atoms with E-state index >= 15 is 0 Å². The molecular formula is C18H22N4O5S. The van der Waals surface area contributed by atoms with Gasteiger partial charge in [-0.2, -0.15) is 0 Å². The van der Waals surface area contributed by atoms with Gasteiger partial charge in [0.15, 0.2) is 0 Å². The number of sulfonamides is 1. The van der Waals surface area contributed by atoms with Crippen LogP contribution in [0.1, 0.15) is 10.4 Å². The van der Waals surface area contributed by atoms with Crippen LogP contribution in [0.2, 0.25) is 0 Å². The van der Waals surface area contributed by atoms with E-state index in [9.17, 15) is 13.2 Å². The molecule has 1 amide bonds. The van der Waals surface area contributed by atoms with E-state index in [0.29, 0.717) is 37.8 Å². The Bertz CT molecular complexity index is 954. The first kappa shape index (κ1) is 19.9. The van der Waals surface area contributed by atoms with Crippen LogP contribution in [0.25, 0.3) is 0 Å². The molecular weight excluding hydrogens is 384 g/mol. The molecule has 1 fully saturated rings. The molecule has 1 aromatic carbocycles. The first-order chi connectivity index (χ1) is 13.3. The van der Waals surface area contributed by atoms with Crippen molar-refractivity contribution < 1.29 is 22.7 Å². The van der Waals surface area contributed by atoms with E-state index < -0.39 is 10.0 Å². The zero-order chi connectivity index (χ0) is 20.3. The van der Waals surface area contributed by atoms with E-state index in [-0.39, 0.29) is 16.4 Å². The van der Waals surface area contributed by atoms with Crippen LogP contribution in [0.15, 0.2) is 41.4 Å². The third kappa shape index (κ3) is 4.18. The summed E-state index contributed by atoms with van der Waals surface area (Å²) in [5.41, 5.74) is 1.12. The minimum atomic E-state index is -3.92. The Morgan fingerprint density at radius 3 is 2.32 bits per heavy atom. The van der Waals surface area contributed by atoms with Gasteiger partial charge in [-0.05, 0) is 24.3 Å². The SMILES string of the molecule is COc1ccc(N2CCN(C(=O)c3cc(S(N)(=O)=O)ccc3OC)CC2)cn1. The van der Waals surface area contributed by atoms with Crippen molar-refractivity contribution in [3.8, 4) is 11.6 Å². The number of carbonyl (C=O) groups is 1. The third-order valence-electron chi connectivity index (χ3n) is 4.59. The first-order valence-corrected chi connectivity index (χ1v) is 10.1. The summed E-state index contributed by atoms with van der Waals surface area (Å²) in [5.74, 6) is 0.549. The van der Waals surface area contributed by atoms with Gasteiger partial charge in [-0.3, -0.25) is 4.79 Å². The second-order valence-corrected chi connectivity index (χ2v) is 7.81. The predicted molar refractivity (Wildman–Crippen MR) is 103 cm³/mol. The van der Waals surface area contributed by atoms with E-state index in [2.05, 4.69) is 9.88 Å². The first-order valence-electron chi connectivity index (χ1n) is 8.58. The molecule has 10 heteroatoms. The van der Waals surface area contributed by atoms with E-state index in [4.69, 9.17) is 14.6 Å². The van der Waals surface area contributed by atoms with E-state index in [1.807, 2.05) is 6.07 Å². The fourth-order valence-corrected chi connectivity index (χ4v) is 3.59. The highest BCUT2D eigenvalue weighted by Crippen LogP contribution is 2.25. The van der Waals surface area contributed by atoms with E-state index in [1.54, 1.807) is 24.3 Å². The minimum absolute atomic E-state index is 0.125. The molecule has 0 atom stereocenters. The predicted octanol–water partition coefficient (Wildman–Crippen LogP) is 0.709. The summed E-state index contributed by atoms with van der Waals surface area (Å²) in [5, 5.41) is 5.18. The number of ether oxygens (including phenoxy) is 2. The van der Waals surface area contributed by atoms with Crippen LogP contribution in [0.4, 0.5) is 5.69 Å². The molecule has 2 heterocycles. The Morgan fingerprint density at radius 1 is 1.07 bits per heavy atom. The maximum atomic E-state index is 12.9. The standard InChI is InChI=1S/C18H22N4O5S/c1-26-16-5-4-14(28(19,24)25)11-15(16)18(23)22-9-7-21(8-10-22)13-3-6-17(27-2)20-12-13/h3-6,11-12H,7-10H2,1-2H3,(H2,19,24,25). The number of anilines is 1. The molecule has 0 radical (unpaired) electrons. The number of piperazine rings is 1. The molecule has 150 valence electrons. The number of aromatic nitrogens is 1. The third-order valence-corrected chi connectivity index (χ3v) is 5.50. The Morgan fingerprint density at radius 2 is 1.79 bits per heavy atom. The highest BCUT2D eigenvalue weighted by atomic mass is 32.2. The molecule has 0 aliphatic carbocycles. The van der Waals surface area contributed by atoms with Gasteiger partial charge in [-0.15, -0.1) is 0 Å². The van der Waals surface area contributed by atoms with Gasteiger partial charge >= 0.3 is 0 Å². The lowest BCUT2D eigenvalue weighted by molar-refractivity contribution is 0.0743. The molecule has 2 aromatic rings. The number of pyridine rings is 1. The highest BCUT2D eigenvalue weighted by Gasteiger charge is 2.26. The maximum absolute atomic E-state index is 12.9. The maximum Gasteiger partial charge on any atom is 0.257 e. The lowest BCUT2D eigenvalue weighted by Crippen LogP contribution is -2.48. The van der Waals surface area contributed by atoms with Crippen molar-refractivity contribution in [3.63, 3.8) is 0 Å². The number of amides is 1. The number of hydrogen-bond acceptors (Lipinski definition) is 7. The van der Waals surface area contributed by atoms with Crippen LogP contribution < -0.4 is 19.5 Å². The summed E-state index contributed by atoms with van der Waals surface area (Å²) in [6, 6.07) is 7.72. The van der Waals surface area contributed by atoms with Crippen LogP contribution in [0, 0.1) is 0 Å². The van der Waals surface area contributed by atoms with Crippen LogP contribution in [-0.2, 0) is 10.0 Å². The van der Waals surface area contributed by atoms with Crippen LogP contribution in [0.5, 0.6) is 11.6 Å². The second kappa shape index (κ2) is 8.03. The fourth-order valence-electron chi connectivity index (χ4n) is 3.05. The van der Waals surface area contributed by atoms with Crippen molar-refractivity contribution in [2.24, 2.45) is 5.14 Å².